The van der Waals surface area contributed by atoms with Crippen LogP contribution in [0, 0.1) is 17.8 Å². The number of hydrogen-bond donors (Lipinski definition) is 0. The molecule has 0 aromatic carbocycles. The van der Waals surface area contributed by atoms with Crippen LogP contribution in [0.5, 0.6) is 5.88 Å². The van der Waals surface area contributed by atoms with Gasteiger partial charge in [0.2, 0.25) is 11.8 Å². The van der Waals surface area contributed by atoms with E-state index in [1.807, 2.05) is 6.08 Å². The fourth-order valence-electron chi connectivity index (χ4n) is 3.36. The molecule has 2 aliphatic rings. The molecule has 0 amide bonds. The van der Waals surface area contributed by atoms with Crippen molar-refractivity contribution in [2.45, 2.75) is 31.3 Å². The molecule has 90 valence electrons. The molecule has 1 heterocycles. The summed E-state index contributed by atoms with van der Waals surface area (Å²) in [6, 6.07) is 4.66. The summed E-state index contributed by atoms with van der Waals surface area (Å²) >= 11 is 0. The van der Waals surface area contributed by atoms with Crippen LogP contribution < -0.4 is 4.74 Å². The van der Waals surface area contributed by atoms with Gasteiger partial charge in [-0.05, 0) is 37.3 Å². The van der Waals surface area contributed by atoms with Gasteiger partial charge in [-0.3, -0.25) is 0 Å². The fourth-order valence-corrected chi connectivity index (χ4v) is 3.36. The lowest BCUT2D eigenvalue weighted by atomic mass is 9.63. The number of rotatable bonds is 3. The van der Waals surface area contributed by atoms with E-state index < -0.39 is 5.95 Å². The number of pyridine rings is 1. The molecule has 3 heteroatoms. The third-order valence-electron chi connectivity index (χ3n) is 4.20. The summed E-state index contributed by atoms with van der Waals surface area (Å²) in [4.78, 5) is 3.77. The highest BCUT2D eigenvalue weighted by Gasteiger charge is 2.55. The second-order valence-electron chi connectivity index (χ2n) is 5.06. The van der Waals surface area contributed by atoms with E-state index in [-0.39, 0.29) is 5.60 Å². The van der Waals surface area contributed by atoms with Gasteiger partial charge in [-0.25, -0.2) is 0 Å². The van der Waals surface area contributed by atoms with Crippen molar-refractivity contribution in [2.75, 3.05) is 0 Å². The van der Waals surface area contributed by atoms with E-state index in [1.165, 1.54) is 25.3 Å². The molecule has 1 aromatic heterocycles. The average molecular weight is 233 g/mol. The van der Waals surface area contributed by atoms with E-state index in [2.05, 4.69) is 11.6 Å². The molecule has 3 rings (SSSR count). The SMILES string of the molecule is C=CC1(Oc2cccc(F)n2)CC2CCCC21. The predicted molar refractivity (Wildman–Crippen MR) is 63.2 cm³/mol. The summed E-state index contributed by atoms with van der Waals surface area (Å²) in [5, 5.41) is 0. The predicted octanol–water partition coefficient (Wildman–Crippen LogP) is 3.34. The lowest BCUT2D eigenvalue weighted by Crippen LogP contribution is -2.54. The highest BCUT2D eigenvalue weighted by Crippen LogP contribution is 2.55. The third-order valence-corrected chi connectivity index (χ3v) is 4.20. The monoisotopic (exact) mass is 233 g/mol. The molecule has 3 unspecified atom stereocenters. The van der Waals surface area contributed by atoms with E-state index in [0.717, 1.165) is 12.3 Å². The van der Waals surface area contributed by atoms with Crippen LogP contribution in [0.25, 0.3) is 0 Å². The van der Waals surface area contributed by atoms with Gasteiger partial charge in [0, 0.05) is 12.0 Å². The number of ether oxygens (including phenoxy) is 1. The molecule has 0 spiro atoms. The molecule has 0 N–H and O–H groups in total. The Morgan fingerprint density at radius 3 is 3.06 bits per heavy atom. The van der Waals surface area contributed by atoms with E-state index in [0.29, 0.717) is 11.8 Å². The first-order valence-electron chi connectivity index (χ1n) is 6.19. The number of halogens is 1. The lowest BCUT2D eigenvalue weighted by molar-refractivity contribution is -0.0663. The van der Waals surface area contributed by atoms with Gasteiger partial charge in [0.25, 0.3) is 0 Å². The van der Waals surface area contributed by atoms with Crippen molar-refractivity contribution in [2.24, 2.45) is 11.8 Å². The van der Waals surface area contributed by atoms with Crippen LogP contribution in [0.2, 0.25) is 0 Å². The smallest absolute Gasteiger partial charge is 0.216 e. The van der Waals surface area contributed by atoms with Crippen molar-refractivity contribution in [1.82, 2.24) is 4.98 Å². The summed E-state index contributed by atoms with van der Waals surface area (Å²) in [7, 11) is 0. The number of hydrogen-bond acceptors (Lipinski definition) is 2. The fraction of sp³-hybridized carbons (Fsp3) is 0.500. The van der Waals surface area contributed by atoms with Crippen LogP contribution in [0.1, 0.15) is 25.7 Å². The molecule has 2 aliphatic carbocycles. The molecule has 0 bridgehead atoms. The van der Waals surface area contributed by atoms with Crippen LogP contribution in [-0.2, 0) is 0 Å². The van der Waals surface area contributed by atoms with Crippen LogP contribution in [0.15, 0.2) is 30.9 Å². The molecule has 0 radical (unpaired) electrons. The van der Waals surface area contributed by atoms with E-state index in [4.69, 9.17) is 4.74 Å². The van der Waals surface area contributed by atoms with Crippen molar-refractivity contribution in [3.63, 3.8) is 0 Å². The third kappa shape index (κ3) is 1.65. The van der Waals surface area contributed by atoms with E-state index in [9.17, 15) is 4.39 Å². The summed E-state index contributed by atoms with van der Waals surface area (Å²) in [5.74, 6) is 1.19. The van der Waals surface area contributed by atoms with Crippen LogP contribution in [0.4, 0.5) is 4.39 Å². The Bertz CT molecular complexity index is 448. The minimum atomic E-state index is -0.496. The zero-order valence-corrected chi connectivity index (χ0v) is 9.73. The first kappa shape index (κ1) is 10.8. The summed E-state index contributed by atoms with van der Waals surface area (Å²) in [5.41, 5.74) is -0.304. The van der Waals surface area contributed by atoms with E-state index in [1.54, 1.807) is 12.1 Å². The summed E-state index contributed by atoms with van der Waals surface area (Å²) in [6.45, 7) is 3.89. The zero-order chi connectivity index (χ0) is 11.9. The van der Waals surface area contributed by atoms with Gasteiger partial charge in [-0.2, -0.15) is 9.37 Å². The Kier molecular flexibility index (Phi) is 2.42. The molecule has 0 aliphatic heterocycles. The Morgan fingerprint density at radius 1 is 1.47 bits per heavy atom. The highest BCUT2D eigenvalue weighted by molar-refractivity contribution is 5.21. The Hall–Kier alpha value is -1.38. The molecular weight excluding hydrogens is 217 g/mol. The first-order chi connectivity index (χ1) is 8.23. The van der Waals surface area contributed by atoms with Gasteiger partial charge < -0.3 is 4.74 Å². The van der Waals surface area contributed by atoms with Crippen molar-refractivity contribution >= 4 is 0 Å². The van der Waals surface area contributed by atoms with Gasteiger partial charge >= 0.3 is 0 Å². The van der Waals surface area contributed by atoms with Gasteiger partial charge in [-0.15, -0.1) is 0 Å². The molecule has 2 nitrogen and oxygen atoms in total. The quantitative estimate of drug-likeness (QED) is 0.590. The zero-order valence-electron chi connectivity index (χ0n) is 9.73. The normalized spacial score (nSPS) is 34.9. The molecular formula is C14H16FNO. The number of aromatic nitrogens is 1. The molecule has 3 atom stereocenters. The Balaban J connectivity index is 1.81. The standard InChI is InChI=1S/C14H16FNO/c1-2-14(9-10-5-3-6-11(10)14)17-13-8-4-7-12(15)16-13/h2,4,7-8,10-11H,1,3,5-6,9H2. The minimum Gasteiger partial charge on any atom is -0.466 e. The van der Waals surface area contributed by atoms with Crippen molar-refractivity contribution < 1.29 is 9.13 Å². The van der Waals surface area contributed by atoms with Crippen molar-refractivity contribution in [1.29, 1.82) is 0 Å². The Labute approximate surface area is 101 Å². The summed E-state index contributed by atoms with van der Waals surface area (Å²) < 4.78 is 18.9. The minimum absolute atomic E-state index is 0.304. The molecule has 0 saturated heterocycles. The molecule has 17 heavy (non-hydrogen) atoms. The van der Waals surface area contributed by atoms with Gasteiger partial charge in [0.1, 0.15) is 5.60 Å². The molecule has 1 aromatic rings. The topological polar surface area (TPSA) is 22.1 Å². The van der Waals surface area contributed by atoms with Crippen LogP contribution >= 0.6 is 0 Å². The average Bonchev–Trinajstić information content (AvgIpc) is 2.69. The number of fused-ring (bicyclic) bond motifs is 1. The van der Waals surface area contributed by atoms with Crippen molar-refractivity contribution in [3.05, 3.63) is 36.8 Å². The van der Waals surface area contributed by atoms with Gasteiger partial charge in [-0.1, -0.05) is 19.1 Å². The van der Waals surface area contributed by atoms with Crippen LogP contribution in [0.3, 0.4) is 0 Å². The second-order valence-corrected chi connectivity index (χ2v) is 5.06. The maximum absolute atomic E-state index is 13.0. The number of nitrogens with zero attached hydrogens (tertiary/aromatic N) is 1. The van der Waals surface area contributed by atoms with Gasteiger partial charge in [0.05, 0.1) is 0 Å². The molecule has 2 saturated carbocycles. The second kappa shape index (κ2) is 3.83. The molecule has 2 fully saturated rings. The maximum atomic E-state index is 13.0. The Morgan fingerprint density at radius 2 is 2.35 bits per heavy atom. The van der Waals surface area contributed by atoms with Gasteiger partial charge in [0.15, 0.2) is 0 Å². The first-order valence-corrected chi connectivity index (χ1v) is 6.19. The van der Waals surface area contributed by atoms with Crippen LogP contribution in [-0.4, -0.2) is 10.6 Å². The van der Waals surface area contributed by atoms with E-state index >= 15 is 0 Å². The largest absolute Gasteiger partial charge is 0.466 e. The highest BCUT2D eigenvalue weighted by atomic mass is 19.1. The lowest BCUT2D eigenvalue weighted by Gasteiger charge is -2.50. The summed E-state index contributed by atoms with van der Waals surface area (Å²) in [6.07, 6.45) is 6.63. The van der Waals surface area contributed by atoms with Crippen molar-refractivity contribution in [3.8, 4) is 5.88 Å². The maximum Gasteiger partial charge on any atom is 0.216 e.